The Hall–Kier alpha value is -2.82. The van der Waals surface area contributed by atoms with Crippen LogP contribution < -0.4 is 10.0 Å². The number of para-hydroxylation sites is 1. The fourth-order valence-electron chi connectivity index (χ4n) is 2.82. The summed E-state index contributed by atoms with van der Waals surface area (Å²) in [6.45, 7) is 0. The van der Waals surface area contributed by atoms with Gasteiger partial charge in [-0.3, -0.25) is 9.52 Å². The minimum Gasteiger partial charge on any atom is -0.302 e. The molecule has 0 aliphatic rings. The lowest BCUT2D eigenvalue weighted by molar-refractivity contribution is -0.116. The summed E-state index contributed by atoms with van der Waals surface area (Å²) in [6.07, 6.45) is 2.02. The summed E-state index contributed by atoms with van der Waals surface area (Å²) in [6, 6.07) is 14.8. The van der Waals surface area contributed by atoms with Crippen LogP contribution in [-0.4, -0.2) is 30.5 Å². The number of thiazole rings is 2. The molecule has 10 heteroatoms. The van der Waals surface area contributed by atoms with E-state index in [1.54, 1.807) is 35.6 Å². The molecule has 1 amide bonds. The Labute approximate surface area is 181 Å². The molecule has 0 atom stereocenters. The number of hydrogen-bond donors (Lipinski definition) is 2. The van der Waals surface area contributed by atoms with Gasteiger partial charge < -0.3 is 5.32 Å². The number of aryl methyl sites for hydroxylation is 1. The highest BCUT2D eigenvalue weighted by Crippen LogP contribution is 2.27. The Morgan fingerprint density at radius 2 is 1.83 bits per heavy atom. The molecule has 0 spiro atoms. The van der Waals surface area contributed by atoms with Gasteiger partial charge in [0, 0.05) is 29.5 Å². The average Bonchev–Trinajstić information content (AvgIpc) is 3.32. The van der Waals surface area contributed by atoms with Crippen molar-refractivity contribution in [1.29, 1.82) is 0 Å². The standard InChI is InChI=1S/C20H18N4O3S3/c1-30(26,27)24-14-8-6-13(7-9-14)16-12-28-20(22-16)23-18(25)10-11-19-21-15-4-2-3-5-17(15)29-19/h2-9,12,24H,10-11H2,1H3,(H,22,23,25). The van der Waals surface area contributed by atoms with Crippen LogP contribution >= 0.6 is 22.7 Å². The molecule has 2 aromatic heterocycles. The van der Waals surface area contributed by atoms with Crippen LogP contribution in [0.3, 0.4) is 0 Å². The maximum absolute atomic E-state index is 12.3. The quantitative estimate of drug-likeness (QED) is 0.428. The number of fused-ring (bicyclic) bond motifs is 1. The summed E-state index contributed by atoms with van der Waals surface area (Å²) in [5.41, 5.74) is 2.99. The number of nitrogens with one attached hydrogen (secondary N) is 2. The third-order valence-electron chi connectivity index (χ3n) is 4.14. The van der Waals surface area contributed by atoms with Crippen molar-refractivity contribution in [2.75, 3.05) is 16.3 Å². The van der Waals surface area contributed by atoms with E-state index in [0.717, 1.165) is 27.0 Å². The van der Waals surface area contributed by atoms with Crippen molar-refractivity contribution in [2.24, 2.45) is 0 Å². The molecule has 0 saturated heterocycles. The summed E-state index contributed by atoms with van der Waals surface area (Å²) in [5.74, 6) is -0.108. The number of rotatable bonds is 7. The predicted octanol–water partition coefficient (Wildman–Crippen LogP) is 4.36. The van der Waals surface area contributed by atoms with Crippen LogP contribution in [0.2, 0.25) is 0 Å². The first-order valence-corrected chi connectivity index (χ1v) is 12.6. The lowest BCUT2D eigenvalue weighted by atomic mass is 10.1. The van der Waals surface area contributed by atoms with Crippen LogP contribution in [0.25, 0.3) is 21.5 Å². The third kappa shape index (κ3) is 5.21. The van der Waals surface area contributed by atoms with Gasteiger partial charge in [-0.1, -0.05) is 24.3 Å². The normalized spacial score (nSPS) is 11.5. The molecule has 0 aliphatic heterocycles. The van der Waals surface area contributed by atoms with E-state index in [1.807, 2.05) is 29.6 Å². The number of hydrogen-bond acceptors (Lipinski definition) is 7. The van der Waals surface area contributed by atoms with E-state index < -0.39 is 10.0 Å². The number of benzene rings is 2. The molecule has 30 heavy (non-hydrogen) atoms. The molecule has 0 saturated carbocycles. The molecule has 0 radical (unpaired) electrons. The third-order valence-corrected chi connectivity index (χ3v) is 6.60. The van der Waals surface area contributed by atoms with Crippen molar-refractivity contribution in [2.45, 2.75) is 12.8 Å². The van der Waals surface area contributed by atoms with Gasteiger partial charge in [-0.25, -0.2) is 18.4 Å². The van der Waals surface area contributed by atoms with Gasteiger partial charge in [-0.05, 0) is 24.3 Å². The second-order valence-corrected chi connectivity index (χ2v) is 10.3. The highest BCUT2D eigenvalue weighted by atomic mass is 32.2. The van der Waals surface area contributed by atoms with Gasteiger partial charge >= 0.3 is 0 Å². The summed E-state index contributed by atoms with van der Waals surface area (Å²) >= 11 is 2.95. The van der Waals surface area contributed by atoms with Crippen molar-refractivity contribution in [1.82, 2.24) is 9.97 Å². The van der Waals surface area contributed by atoms with Crippen molar-refractivity contribution in [3.63, 3.8) is 0 Å². The van der Waals surface area contributed by atoms with Gasteiger partial charge in [0.15, 0.2) is 5.13 Å². The first-order chi connectivity index (χ1) is 14.4. The summed E-state index contributed by atoms with van der Waals surface area (Å²) < 4.78 is 26.1. The number of carbonyl (C=O) groups is 1. The van der Waals surface area contributed by atoms with Crippen molar-refractivity contribution >= 4 is 59.6 Å². The second-order valence-electron chi connectivity index (χ2n) is 6.61. The molecule has 0 fully saturated rings. The van der Waals surface area contributed by atoms with Crippen LogP contribution in [0.5, 0.6) is 0 Å². The molecular formula is C20H18N4O3S3. The van der Waals surface area contributed by atoms with E-state index in [1.165, 1.54) is 11.3 Å². The van der Waals surface area contributed by atoms with Crippen LogP contribution in [-0.2, 0) is 21.2 Å². The lowest BCUT2D eigenvalue weighted by Gasteiger charge is -2.04. The minimum absolute atomic E-state index is 0.108. The van der Waals surface area contributed by atoms with E-state index in [2.05, 4.69) is 20.0 Å². The van der Waals surface area contributed by atoms with Crippen molar-refractivity contribution in [3.8, 4) is 11.3 Å². The van der Waals surface area contributed by atoms with Crippen LogP contribution in [0, 0.1) is 0 Å². The molecule has 4 aromatic rings. The zero-order valence-corrected chi connectivity index (χ0v) is 18.4. The number of amides is 1. The zero-order valence-electron chi connectivity index (χ0n) is 16.0. The lowest BCUT2D eigenvalue weighted by Crippen LogP contribution is -2.12. The predicted molar refractivity (Wildman–Crippen MR) is 123 cm³/mol. The number of nitrogens with zero attached hydrogens (tertiary/aromatic N) is 2. The van der Waals surface area contributed by atoms with E-state index in [-0.39, 0.29) is 5.91 Å². The fourth-order valence-corrected chi connectivity index (χ4v) is 5.08. The molecule has 0 bridgehead atoms. The molecule has 4 rings (SSSR count). The Balaban J connectivity index is 1.35. The minimum atomic E-state index is -3.31. The largest absolute Gasteiger partial charge is 0.302 e. The summed E-state index contributed by atoms with van der Waals surface area (Å²) in [7, 11) is -3.31. The van der Waals surface area contributed by atoms with E-state index in [4.69, 9.17) is 0 Å². The summed E-state index contributed by atoms with van der Waals surface area (Å²) in [4.78, 5) is 21.3. The molecule has 2 aromatic carbocycles. The Kier molecular flexibility index (Phi) is 5.80. The number of anilines is 2. The Morgan fingerprint density at radius 1 is 1.07 bits per heavy atom. The molecule has 0 aliphatic carbocycles. The molecule has 7 nitrogen and oxygen atoms in total. The van der Waals surface area contributed by atoms with Gasteiger partial charge in [0.25, 0.3) is 0 Å². The fraction of sp³-hybridized carbons (Fsp3) is 0.150. The molecule has 0 unspecified atom stereocenters. The number of aromatic nitrogens is 2. The first kappa shape index (κ1) is 20.5. The van der Waals surface area contributed by atoms with Gasteiger partial charge in [0.05, 0.1) is 27.2 Å². The molecule has 154 valence electrons. The average molecular weight is 459 g/mol. The highest BCUT2D eigenvalue weighted by Gasteiger charge is 2.11. The number of carbonyl (C=O) groups excluding carboxylic acids is 1. The van der Waals surface area contributed by atoms with Crippen molar-refractivity contribution in [3.05, 3.63) is 58.9 Å². The van der Waals surface area contributed by atoms with E-state index >= 15 is 0 Å². The summed E-state index contributed by atoms with van der Waals surface area (Å²) in [5, 5.41) is 6.15. The van der Waals surface area contributed by atoms with Crippen LogP contribution in [0.1, 0.15) is 11.4 Å². The highest BCUT2D eigenvalue weighted by molar-refractivity contribution is 7.92. The molecule has 2 heterocycles. The van der Waals surface area contributed by atoms with Crippen LogP contribution in [0.4, 0.5) is 10.8 Å². The zero-order chi connectivity index (χ0) is 21.1. The maximum Gasteiger partial charge on any atom is 0.229 e. The van der Waals surface area contributed by atoms with Gasteiger partial charge in [-0.15, -0.1) is 22.7 Å². The SMILES string of the molecule is CS(=O)(=O)Nc1ccc(-c2csc(NC(=O)CCc3nc4ccccc4s3)n2)cc1. The van der Waals surface area contributed by atoms with Gasteiger partial charge in [0.2, 0.25) is 15.9 Å². The van der Waals surface area contributed by atoms with Gasteiger partial charge in [-0.2, -0.15) is 0 Å². The smallest absolute Gasteiger partial charge is 0.229 e. The molecule has 2 N–H and O–H groups in total. The monoisotopic (exact) mass is 458 g/mol. The van der Waals surface area contributed by atoms with E-state index in [9.17, 15) is 13.2 Å². The second kappa shape index (κ2) is 8.50. The van der Waals surface area contributed by atoms with Crippen LogP contribution in [0.15, 0.2) is 53.9 Å². The Morgan fingerprint density at radius 3 is 2.57 bits per heavy atom. The van der Waals surface area contributed by atoms with Gasteiger partial charge in [0.1, 0.15) is 0 Å². The first-order valence-electron chi connectivity index (χ1n) is 9.04. The topological polar surface area (TPSA) is 101 Å². The Bertz CT molecular complexity index is 1260. The maximum atomic E-state index is 12.3. The van der Waals surface area contributed by atoms with Crippen molar-refractivity contribution < 1.29 is 13.2 Å². The molecular weight excluding hydrogens is 440 g/mol. The van der Waals surface area contributed by atoms with E-state index in [0.29, 0.717) is 29.4 Å². The number of sulfonamides is 1.